The molecule has 1 rings (SSSR count). The summed E-state index contributed by atoms with van der Waals surface area (Å²) in [6.07, 6.45) is 3.21. The molecule has 3 unspecified atom stereocenters. The number of hydrogen-bond acceptors (Lipinski definition) is 4. The molecule has 3 atom stereocenters. The topological polar surface area (TPSA) is 58.6 Å². The normalized spacial score (nSPS) is 27.1. The van der Waals surface area contributed by atoms with Gasteiger partial charge in [-0.3, -0.25) is 10.1 Å². The summed E-state index contributed by atoms with van der Waals surface area (Å²) in [5.74, 6) is 0.197. The van der Waals surface area contributed by atoms with Crippen LogP contribution in [0.4, 0.5) is 0 Å². The summed E-state index contributed by atoms with van der Waals surface area (Å²) in [6, 6.07) is -0.245. The zero-order valence-electron chi connectivity index (χ0n) is 10.4. The van der Waals surface area contributed by atoms with Crippen LogP contribution in [0.5, 0.6) is 0 Å². The van der Waals surface area contributed by atoms with Gasteiger partial charge in [0, 0.05) is 6.04 Å². The quantitative estimate of drug-likeness (QED) is 0.693. The van der Waals surface area contributed by atoms with Crippen LogP contribution in [0.15, 0.2) is 0 Å². The minimum atomic E-state index is -0.320. The fraction of sp³-hybridized carbons (Fsp3) is 0.917. The van der Waals surface area contributed by atoms with E-state index in [9.17, 15) is 9.90 Å². The smallest absolute Gasteiger partial charge is 0.322 e. The van der Waals surface area contributed by atoms with Crippen LogP contribution in [0, 0.1) is 5.92 Å². The van der Waals surface area contributed by atoms with Crippen LogP contribution in [0.2, 0.25) is 0 Å². The van der Waals surface area contributed by atoms with Gasteiger partial charge in [-0.1, -0.05) is 13.8 Å². The Labute approximate surface area is 97.4 Å². The monoisotopic (exact) mass is 229 g/mol. The van der Waals surface area contributed by atoms with Crippen LogP contribution in [-0.2, 0) is 9.53 Å². The number of aliphatic hydroxyl groups excluding tert-OH is 1. The second-order valence-corrected chi connectivity index (χ2v) is 4.98. The van der Waals surface area contributed by atoms with E-state index in [1.807, 2.05) is 0 Å². The summed E-state index contributed by atoms with van der Waals surface area (Å²) in [5.41, 5.74) is 0. The first kappa shape index (κ1) is 13.5. The first-order chi connectivity index (χ1) is 7.54. The summed E-state index contributed by atoms with van der Waals surface area (Å²) in [5, 5.41) is 12.9. The van der Waals surface area contributed by atoms with E-state index in [2.05, 4.69) is 19.2 Å². The zero-order chi connectivity index (χ0) is 12.1. The first-order valence-corrected chi connectivity index (χ1v) is 6.06. The van der Waals surface area contributed by atoms with Crippen LogP contribution < -0.4 is 5.32 Å². The van der Waals surface area contributed by atoms with Crippen LogP contribution in [0.3, 0.4) is 0 Å². The second-order valence-electron chi connectivity index (χ2n) is 4.98. The number of methoxy groups -OCH3 is 1. The maximum atomic E-state index is 11.6. The molecule has 1 aliphatic rings. The van der Waals surface area contributed by atoms with Crippen molar-refractivity contribution in [3.8, 4) is 0 Å². The van der Waals surface area contributed by atoms with E-state index in [0.717, 1.165) is 25.7 Å². The summed E-state index contributed by atoms with van der Waals surface area (Å²) in [7, 11) is 1.41. The van der Waals surface area contributed by atoms with Crippen molar-refractivity contribution >= 4 is 5.97 Å². The lowest BCUT2D eigenvalue weighted by molar-refractivity contribution is -0.144. The summed E-state index contributed by atoms with van der Waals surface area (Å²) < 4.78 is 4.78. The molecule has 4 nitrogen and oxygen atoms in total. The van der Waals surface area contributed by atoms with Crippen molar-refractivity contribution < 1.29 is 14.6 Å². The van der Waals surface area contributed by atoms with Crippen LogP contribution >= 0.6 is 0 Å². The molecular formula is C12H23NO3. The SMILES string of the molecule is COC(=O)C(CC(C)C)NC1CCCC1O. The summed E-state index contributed by atoms with van der Waals surface area (Å²) in [6.45, 7) is 4.14. The Balaban J connectivity index is 2.52. The number of rotatable bonds is 5. The van der Waals surface area contributed by atoms with Crippen molar-refractivity contribution in [3.05, 3.63) is 0 Å². The zero-order valence-corrected chi connectivity index (χ0v) is 10.4. The predicted molar refractivity (Wildman–Crippen MR) is 62.0 cm³/mol. The van der Waals surface area contributed by atoms with E-state index in [1.54, 1.807) is 0 Å². The molecule has 2 N–H and O–H groups in total. The molecule has 1 fully saturated rings. The van der Waals surface area contributed by atoms with Gasteiger partial charge in [0.25, 0.3) is 0 Å². The second kappa shape index (κ2) is 6.21. The Bertz CT molecular complexity index is 230. The molecule has 0 aliphatic heterocycles. The maximum Gasteiger partial charge on any atom is 0.322 e. The molecule has 4 heteroatoms. The van der Waals surface area contributed by atoms with Crippen molar-refractivity contribution in [3.63, 3.8) is 0 Å². The first-order valence-electron chi connectivity index (χ1n) is 6.06. The average molecular weight is 229 g/mol. The lowest BCUT2D eigenvalue weighted by Crippen LogP contribution is -2.47. The highest BCUT2D eigenvalue weighted by Gasteiger charge is 2.30. The summed E-state index contributed by atoms with van der Waals surface area (Å²) >= 11 is 0. The van der Waals surface area contributed by atoms with Gasteiger partial charge < -0.3 is 9.84 Å². The average Bonchev–Trinajstić information content (AvgIpc) is 2.61. The number of nitrogens with one attached hydrogen (secondary N) is 1. The molecule has 0 aromatic carbocycles. The third-order valence-electron chi connectivity index (χ3n) is 3.09. The van der Waals surface area contributed by atoms with Gasteiger partial charge in [-0.15, -0.1) is 0 Å². The number of carbonyl (C=O) groups excluding carboxylic acids is 1. The van der Waals surface area contributed by atoms with Gasteiger partial charge in [0.05, 0.1) is 13.2 Å². The van der Waals surface area contributed by atoms with Gasteiger partial charge in [0.1, 0.15) is 6.04 Å². The summed E-state index contributed by atoms with van der Waals surface area (Å²) in [4.78, 5) is 11.6. The third-order valence-corrected chi connectivity index (χ3v) is 3.09. The molecule has 0 aromatic rings. The minimum Gasteiger partial charge on any atom is -0.468 e. The van der Waals surface area contributed by atoms with E-state index in [1.165, 1.54) is 7.11 Å². The van der Waals surface area contributed by atoms with E-state index in [-0.39, 0.29) is 24.2 Å². The van der Waals surface area contributed by atoms with Gasteiger partial charge >= 0.3 is 5.97 Å². The minimum absolute atomic E-state index is 0.0443. The maximum absolute atomic E-state index is 11.6. The van der Waals surface area contributed by atoms with Crippen molar-refractivity contribution in [2.75, 3.05) is 7.11 Å². The molecule has 0 spiro atoms. The van der Waals surface area contributed by atoms with Gasteiger partial charge in [-0.25, -0.2) is 0 Å². The van der Waals surface area contributed by atoms with Gasteiger partial charge in [0.15, 0.2) is 0 Å². The van der Waals surface area contributed by atoms with E-state index < -0.39 is 0 Å². The molecule has 16 heavy (non-hydrogen) atoms. The largest absolute Gasteiger partial charge is 0.468 e. The molecule has 1 aliphatic carbocycles. The molecular weight excluding hydrogens is 206 g/mol. The highest BCUT2D eigenvalue weighted by atomic mass is 16.5. The van der Waals surface area contributed by atoms with Crippen molar-refractivity contribution in [2.45, 2.75) is 57.7 Å². The Morgan fingerprint density at radius 3 is 2.62 bits per heavy atom. The van der Waals surface area contributed by atoms with Gasteiger partial charge in [-0.05, 0) is 31.6 Å². The van der Waals surface area contributed by atoms with Crippen molar-refractivity contribution in [1.82, 2.24) is 5.32 Å². The predicted octanol–water partition coefficient (Wildman–Crippen LogP) is 1.08. The van der Waals surface area contributed by atoms with Gasteiger partial charge in [0.2, 0.25) is 0 Å². The molecule has 0 amide bonds. The number of hydrogen-bond donors (Lipinski definition) is 2. The fourth-order valence-electron chi connectivity index (χ4n) is 2.24. The molecule has 0 heterocycles. The Kier molecular flexibility index (Phi) is 5.22. The molecule has 0 bridgehead atoms. The Morgan fingerprint density at radius 2 is 2.19 bits per heavy atom. The van der Waals surface area contributed by atoms with Crippen LogP contribution in [-0.4, -0.2) is 36.4 Å². The number of esters is 1. The lowest BCUT2D eigenvalue weighted by atomic mass is 10.0. The Hall–Kier alpha value is -0.610. The van der Waals surface area contributed by atoms with Crippen LogP contribution in [0.1, 0.15) is 39.5 Å². The fourth-order valence-corrected chi connectivity index (χ4v) is 2.24. The highest BCUT2D eigenvalue weighted by molar-refractivity contribution is 5.75. The third kappa shape index (κ3) is 3.76. The van der Waals surface area contributed by atoms with Crippen molar-refractivity contribution in [2.24, 2.45) is 5.92 Å². The Morgan fingerprint density at radius 1 is 1.50 bits per heavy atom. The van der Waals surface area contributed by atoms with Crippen molar-refractivity contribution in [1.29, 1.82) is 0 Å². The molecule has 0 saturated heterocycles. The van der Waals surface area contributed by atoms with E-state index in [0.29, 0.717) is 5.92 Å². The number of aliphatic hydroxyl groups is 1. The molecule has 94 valence electrons. The highest BCUT2D eigenvalue weighted by Crippen LogP contribution is 2.20. The number of ether oxygens (including phenoxy) is 1. The molecule has 0 radical (unpaired) electrons. The van der Waals surface area contributed by atoms with Crippen LogP contribution in [0.25, 0.3) is 0 Å². The van der Waals surface area contributed by atoms with E-state index in [4.69, 9.17) is 4.74 Å². The van der Waals surface area contributed by atoms with Gasteiger partial charge in [-0.2, -0.15) is 0 Å². The van der Waals surface area contributed by atoms with E-state index >= 15 is 0 Å². The lowest BCUT2D eigenvalue weighted by Gasteiger charge is -2.24. The molecule has 1 saturated carbocycles. The number of carbonyl (C=O) groups is 1. The standard InChI is InChI=1S/C12H23NO3/c1-8(2)7-10(12(15)16-3)13-9-5-4-6-11(9)14/h8-11,13-14H,4-7H2,1-3H3. The molecule has 0 aromatic heterocycles.